The number of nitrogen functional groups attached to an aromatic ring is 4. The van der Waals surface area contributed by atoms with Crippen molar-refractivity contribution in [2.75, 3.05) is 33.6 Å². The molecule has 12 N–H and O–H groups in total. The average molecular weight is 1110 g/mol. The summed E-state index contributed by atoms with van der Waals surface area (Å²) >= 11 is 0. The first kappa shape index (κ1) is 59.3. The molecule has 28 heteroatoms. The molecule has 0 aromatic heterocycles. The Kier molecular flexibility index (Phi) is 16.5. The SMILES string of the molecule is Cc1c(N)c(C)c(S(=O)(=O)O)c(C)c1Nc1cc(S(=O)(=O)[O-])c(N)c2c1C(=O)c1ccccc1C2=O.Cc1c(N)c(C)c(S(=O)(=O)O)c(C)c1Nc1cc(S(=O)(=O)[O-])c(N)c2c1C(=O)c1ccccc1C2=O.[Na+].[Na+]. The van der Waals surface area contributed by atoms with Gasteiger partial charge in [-0.1, -0.05) is 48.5 Å². The number of ketones is 4. The molecule has 6 aromatic rings. The maximum absolute atomic E-state index is 13.5. The van der Waals surface area contributed by atoms with Crippen LogP contribution in [-0.4, -0.2) is 75.0 Å². The Morgan fingerprint density at radius 1 is 0.419 bits per heavy atom. The second kappa shape index (κ2) is 20.5. The smallest absolute Gasteiger partial charge is 0.744 e. The van der Waals surface area contributed by atoms with Crippen LogP contribution >= 0.6 is 0 Å². The molecule has 6 aromatic carbocycles. The van der Waals surface area contributed by atoms with Gasteiger partial charge in [0.1, 0.15) is 30.0 Å². The molecule has 8 rings (SSSR count). The van der Waals surface area contributed by atoms with E-state index in [0.29, 0.717) is 11.1 Å². The fraction of sp³-hybridized carbons (Fsp3) is 0.130. The number of hydrogen-bond acceptors (Lipinski definition) is 20. The molecule has 74 heavy (non-hydrogen) atoms. The van der Waals surface area contributed by atoms with Gasteiger partial charge in [-0.05, 0) is 87.1 Å². The third-order valence-corrected chi connectivity index (χ3v) is 16.5. The Bertz CT molecular complexity index is 3760. The molecule has 0 saturated carbocycles. The summed E-state index contributed by atoms with van der Waals surface area (Å²) in [6.07, 6.45) is 0. The van der Waals surface area contributed by atoms with Crippen molar-refractivity contribution in [1.82, 2.24) is 0 Å². The second-order valence-corrected chi connectivity index (χ2v) is 22.1. The van der Waals surface area contributed by atoms with E-state index in [1.807, 2.05) is 0 Å². The number of fused-ring (bicyclic) bond motifs is 4. The molecule has 0 aliphatic heterocycles. The number of carbonyl (C=O) groups is 4. The minimum absolute atomic E-state index is 0. The molecule has 0 atom stereocenters. The number of nitrogens with two attached hydrogens (primary N) is 4. The third-order valence-electron chi connectivity index (χ3n) is 12.5. The summed E-state index contributed by atoms with van der Waals surface area (Å²) in [7, 11) is -19.9. The van der Waals surface area contributed by atoms with Crippen molar-refractivity contribution in [3.63, 3.8) is 0 Å². The van der Waals surface area contributed by atoms with Crippen molar-refractivity contribution >= 4 is 109 Å². The molecule has 376 valence electrons. The number of benzene rings is 6. The molecule has 2 aliphatic carbocycles. The summed E-state index contributed by atoms with van der Waals surface area (Å²) in [5.74, 6) is -2.87. The van der Waals surface area contributed by atoms with E-state index in [0.717, 1.165) is 12.1 Å². The van der Waals surface area contributed by atoms with E-state index >= 15 is 0 Å². The van der Waals surface area contributed by atoms with Crippen LogP contribution in [0.2, 0.25) is 0 Å². The Balaban J connectivity index is 0.000000267. The van der Waals surface area contributed by atoms with Gasteiger partial charge in [-0.25, -0.2) is 16.8 Å². The molecular formula is C46H40N6Na2O16S4. The van der Waals surface area contributed by atoms with Crippen LogP contribution in [0.3, 0.4) is 0 Å². The molecule has 0 bridgehead atoms. The number of hydrogen-bond donors (Lipinski definition) is 8. The van der Waals surface area contributed by atoms with E-state index in [1.165, 1.54) is 90.1 Å². The zero-order valence-electron chi connectivity index (χ0n) is 40.3. The molecule has 0 heterocycles. The Labute approximate surface area is 468 Å². The Hall–Kier alpha value is -5.56. The molecule has 0 unspecified atom stereocenters. The predicted molar refractivity (Wildman–Crippen MR) is 261 cm³/mol. The molecule has 0 spiro atoms. The fourth-order valence-electron chi connectivity index (χ4n) is 9.04. The molecule has 0 amide bonds. The van der Waals surface area contributed by atoms with E-state index < -0.39 is 106 Å². The quantitative estimate of drug-likeness (QED) is 0.0508. The number of nitrogens with one attached hydrogen (secondary N) is 2. The first-order valence-corrected chi connectivity index (χ1v) is 26.3. The molecule has 2 aliphatic rings. The standard InChI is InChI=1S/2C23H21N3O8S2.2Na/c2*1-9-18(24)10(2)23(36(32,33)34)11(3)20(9)26-14-8-15(35(29,30)31)19(25)17-16(14)21(27)12-6-4-5-7-13(12)22(17)28;;/h2*4-8,26H,24-25H2,1-3H3,(H,29,30,31)(H,32,33,34);;/q;;2*+1/p-2. The maximum Gasteiger partial charge on any atom is 1.00 e. The summed E-state index contributed by atoms with van der Waals surface area (Å²) in [6, 6.07) is 13.3. The maximum atomic E-state index is 13.5. The van der Waals surface area contributed by atoms with Crippen LogP contribution in [0.15, 0.2) is 80.2 Å². The van der Waals surface area contributed by atoms with E-state index in [9.17, 15) is 71.1 Å². The van der Waals surface area contributed by atoms with Crippen molar-refractivity contribution in [3.05, 3.63) is 139 Å². The number of rotatable bonds is 8. The van der Waals surface area contributed by atoms with Crippen LogP contribution in [-0.2, 0) is 40.5 Å². The molecular weight excluding hydrogens is 1070 g/mol. The van der Waals surface area contributed by atoms with Gasteiger partial charge in [0, 0.05) is 45.0 Å². The first-order chi connectivity index (χ1) is 33.1. The van der Waals surface area contributed by atoms with Crippen LogP contribution in [0.25, 0.3) is 0 Å². The van der Waals surface area contributed by atoms with Gasteiger partial charge in [0.25, 0.3) is 20.2 Å². The van der Waals surface area contributed by atoms with Gasteiger partial charge in [0.15, 0.2) is 23.1 Å². The van der Waals surface area contributed by atoms with Gasteiger partial charge >= 0.3 is 59.1 Å². The second-order valence-electron chi connectivity index (χ2n) is 16.7. The largest absolute Gasteiger partial charge is 1.00 e. The summed E-state index contributed by atoms with van der Waals surface area (Å²) in [5, 5.41) is 5.57. The van der Waals surface area contributed by atoms with Crippen molar-refractivity contribution in [2.24, 2.45) is 0 Å². The number of anilines is 8. The van der Waals surface area contributed by atoms with Gasteiger partial charge in [0.05, 0.1) is 54.8 Å². The van der Waals surface area contributed by atoms with Gasteiger partial charge in [-0.2, -0.15) is 16.8 Å². The Morgan fingerprint density at radius 2 is 0.676 bits per heavy atom. The van der Waals surface area contributed by atoms with Gasteiger partial charge < -0.3 is 42.7 Å². The fourth-order valence-corrected chi connectivity index (χ4v) is 12.3. The van der Waals surface area contributed by atoms with Crippen molar-refractivity contribution < 1.29 is 130 Å². The van der Waals surface area contributed by atoms with E-state index in [1.54, 1.807) is 0 Å². The molecule has 22 nitrogen and oxygen atoms in total. The minimum atomic E-state index is -5.21. The van der Waals surface area contributed by atoms with Gasteiger partial charge in [-0.3, -0.25) is 28.3 Å². The predicted octanol–water partition coefficient (Wildman–Crippen LogP) is -1.10. The van der Waals surface area contributed by atoms with E-state index in [2.05, 4.69) is 10.6 Å². The summed E-state index contributed by atoms with van der Waals surface area (Å²) in [5.41, 5.74) is 21.5. The summed E-state index contributed by atoms with van der Waals surface area (Å²) in [4.78, 5) is 50.7. The average Bonchev–Trinajstić information content (AvgIpc) is 3.28. The first-order valence-electron chi connectivity index (χ1n) is 20.6. The van der Waals surface area contributed by atoms with Crippen LogP contribution in [0.1, 0.15) is 97.1 Å². The normalized spacial score (nSPS) is 13.0. The van der Waals surface area contributed by atoms with Crippen LogP contribution in [0.5, 0.6) is 0 Å². The van der Waals surface area contributed by atoms with Crippen LogP contribution < -0.4 is 92.7 Å². The number of carbonyl (C=O) groups excluding carboxylic acids is 4. The van der Waals surface area contributed by atoms with Crippen molar-refractivity contribution in [1.29, 1.82) is 0 Å². The van der Waals surface area contributed by atoms with Crippen molar-refractivity contribution in [2.45, 2.75) is 61.1 Å². The molecule has 0 radical (unpaired) electrons. The van der Waals surface area contributed by atoms with Gasteiger partial charge in [-0.15, -0.1) is 0 Å². The zero-order valence-corrected chi connectivity index (χ0v) is 47.6. The third kappa shape index (κ3) is 10.0. The minimum Gasteiger partial charge on any atom is -0.744 e. The molecule has 0 fully saturated rings. The van der Waals surface area contributed by atoms with Crippen LogP contribution in [0, 0.1) is 41.5 Å². The van der Waals surface area contributed by atoms with Crippen molar-refractivity contribution in [3.8, 4) is 0 Å². The summed E-state index contributed by atoms with van der Waals surface area (Å²) in [6.45, 7) is 8.58. The van der Waals surface area contributed by atoms with E-state index in [4.69, 9.17) is 22.9 Å². The monoisotopic (exact) mass is 1110 g/mol. The topological polar surface area (TPSA) is 420 Å². The van der Waals surface area contributed by atoms with E-state index in [-0.39, 0.29) is 149 Å². The molecule has 0 saturated heterocycles. The van der Waals surface area contributed by atoms with Crippen LogP contribution in [0.4, 0.5) is 45.5 Å². The zero-order chi connectivity index (χ0) is 53.8. The summed E-state index contributed by atoms with van der Waals surface area (Å²) < 4.78 is 140. The Morgan fingerprint density at radius 3 is 0.919 bits per heavy atom. The van der Waals surface area contributed by atoms with Gasteiger partial charge in [0.2, 0.25) is 0 Å².